The van der Waals surface area contributed by atoms with Gasteiger partial charge in [-0.25, -0.2) is 0 Å². The van der Waals surface area contributed by atoms with Crippen LogP contribution in [0, 0.1) is 0 Å². The van der Waals surface area contributed by atoms with Gasteiger partial charge in [0.15, 0.2) is 5.78 Å². The average Bonchev–Trinajstić information content (AvgIpc) is 2.43. The molecule has 2 aromatic rings. The van der Waals surface area contributed by atoms with Gasteiger partial charge in [-0.15, -0.1) is 0 Å². The maximum Gasteiger partial charge on any atom is 0.163 e. The predicted molar refractivity (Wildman–Crippen MR) is 77.0 cm³/mol. The van der Waals surface area contributed by atoms with E-state index in [4.69, 9.17) is 0 Å². The molecule has 0 atom stereocenters. The van der Waals surface area contributed by atoms with Gasteiger partial charge in [0.25, 0.3) is 0 Å². The molecule has 0 N–H and O–H groups in total. The summed E-state index contributed by atoms with van der Waals surface area (Å²) >= 11 is 0. The number of rotatable bonds is 6. The number of hydrogen-bond acceptors (Lipinski definition) is 1. The fourth-order valence-electron chi connectivity index (χ4n) is 2.32. The third-order valence-electron chi connectivity index (χ3n) is 3.35. The van der Waals surface area contributed by atoms with E-state index >= 15 is 0 Å². The summed E-state index contributed by atoms with van der Waals surface area (Å²) in [7, 11) is 0. The molecule has 0 aromatic heterocycles. The molecule has 0 saturated carbocycles. The molecule has 0 unspecified atom stereocenters. The highest BCUT2D eigenvalue weighted by Gasteiger charge is 2.08. The number of Topliss-reactive ketones (excluding diaryl/α,β-unsaturated/α-hetero) is 1. The van der Waals surface area contributed by atoms with E-state index in [-0.39, 0.29) is 5.78 Å². The van der Waals surface area contributed by atoms with E-state index in [2.05, 4.69) is 19.1 Å². The molecular weight excluding hydrogens is 220 g/mol. The molecule has 94 valence electrons. The lowest BCUT2D eigenvalue weighted by Gasteiger charge is -2.05. The first kappa shape index (κ1) is 12.8. The zero-order chi connectivity index (χ0) is 12.8. The van der Waals surface area contributed by atoms with E-state index in [1.165, 1.54) is 12.8 Å². The summed E-state index contributed by atoms with van der Waals surface area (Å²) in [6.45, 7) is 2.19. The van der Waals surface area contributed by atoms with E-state index in [0.717, 1.165) is 29.2 Å². The van der Waals surface area contributed by atoms with Crippen LogP contribution in [0.2, 0.25) is 0 Å². The van der Waals surface area contributed by atoms with Gasteiger partial charge in [0.05, 0.1) is 0 Å². The largest absolute Gasteiger partial charge is 0.294 e. The molecule has 0 aliphatic heterocycles. The van der Waals surface area contributed by atoms with Crippen LogP contribution in [0.15, 0.2) is 42.5 Å². The third kappa shape index (κ3) is 2.98. The Kier molecular flexibility index (Phi) is 4.52. The number of ketones is 1. The smallest absolute Gasteiger partial charge is 0.163 e. The van der Waals surface area contributed by atoms with Crippen molar-refractivity contribution in [1.29, 1.82) is 0 Å². The van der Waals surface area contributed by atoms with Crippen molar-refractivity contribution in [3.8, 4) is 0 Å². The highest BCUT2D eigenvalue weighted by atomic mass is 16.1. The lowest BCUT2D eigenvalue weighted by atomic mass is 9.98. The fourth-order valence-corrected chi connectivity index (χ4v) is 2.32. The number of unbranched alkanes of at least 4 members (excludes halogenated alkanes) is 3. The normalized spacial score (nSPS) is 10.7. The van der Waals surface area contributed by atoms with Crippen molar-refractivity contribution in [2.45, 2.75) is 39.0 Å². The Morgan fingerprint density at radius 1 is 0.944 bits per heavy atom. The molecule has 2 rings (SSSR count). The quantitative estimate of drug-likeness (QED) is 0.513. The van der Waals surface area contributed by atoms with Crippen molar-refractivity contribution < 1.29 is 4.79 Å². The number of fused-ring (bicyclic) bond motifs is 1. The molecule has 0 heterocycles. The zero-order valence-electron chi connectivity index (χ0n) is 11.0. The van der Waals surface area contributed by atoms with Crippen molar-refractivity contribution in [3.63, 3.8) is 0 Å². The highest BCUT2D eigenvalue weighted by Crippen LogP contribution is 2.20. The van der Waals surface area contributed by atoms with Crippen molar-refractivity contribution in [3.05, 3.63) is 48.0 Å². The fraction of sp³-hybridized carbons (Fsp3) is 0.353. The van der Waals surface area contributed by atoms with Crippen molar-refractivity contribution in [1.82, 2.24) is 0 Å². The van der Waals surface area contributed by atoms with Crippen LogP contribution < -0.4 is 0 Å². The van der Waals surface area contributed by atoms with Crippen LogP contribution in [0.5, 0.6) is 0 Å². The zero-order valence-corrected chi connectivity index (χ0v) is 11.0. The summed E-state index contributed by atoms with van der Waals surface area (Å²) in [4.78, 5) is 12.2. The summed E-state index contributed by atoms with van der Waals surface area (Å²) in [5.74, 6) is 0.280. The SMILES string of the molecule is CCCCCCC(=O)c1cccc2ccccc12. The first-order valence-electron chi connectivity index (χ1n) is 6.84. The Morgan fingerprint density at radius 2 is 1.72 bits per heavy atom. The third-order valence-corrected chi connectivity index (χ3v) is 3.35. The van der Waals surface area contributed by atoms with Crippen molar-refractivity contribution in [2.75, 3.05) is 0 Å². The molecule has 1 nitrogen and oxygen atoms in total. The molecular formula is C17H20O. The van der Waals surface area contributed by atoms with Gasteiger partial charge in [-0.2, -0.15) is 0 Å². The lowest BCUT2D eigenvalue weighted by molar-refractivity contribution is 0.0980. The van der Waals surface area contributed by atoms with Gasteiger partial charge in [0, 0.05) is 12.0 Å². The number of benzene rings is 2. The summed E-state index contributed by atoms with van der Waals surface area (Å²) in [5.41, 5.74) is 0.879. The van der Waals surface area contributed by atoms with Gasteiger partial charge in [-0.05, 0) is 17.2 Å². The molecule has 0 bridgehead atoms. The number of hydrogen-bond donors (Lipinski definition) is 0. The van der Waals surface area contributed by atoms with Crippen molar-refractivity contribution in [2.24, 2.45) is 0 Å². The topological polar surface area (TPSA) is 17.1 Å². The maximum atomic E-state index is 12.2. The molecule has 2 aromatic carbocycles. The molecule has 0 saturated heterocycles. The van der Waals surface area contributed by atoms with E-state index in [1.54, 1.807) is 0 Å². The van der Waals surface area contributed by atoms with E-state index < -0.39 is 0 Å². The Labute approximate surface area is 109 Å². The molecule has 0 radical (unpaired) electrons. The second-order valence-corrected chi connectivity index (χ2v) is 4.76. The second-order valence-electron chi connectivity index (χ2n) is 4.76. The van der Waals surface area contributed by atoms with Crippen LogP contribution in [0.1, 0.15) is 49.4 Å². The van der Waals surface area contributed by atoms with Crippen LogP contribution in [0.4, 0.5) is 0 Å². The molecule has 0 fully saturated rings. The number of carbonyl (C=O) groups excluding carboxylic acids is 1. The molecule has 1 heteroatoms. The van der Waals surface area contributed by atoms with Crippen LogP contribution in [-0.2, 0) is 0 Å². The Balaban J connectivity index is 2.13. The summed E-state index contributed by atoms with van der Waals surface area (Å²) < 4.78 is 0. The summed E-state index contributed by atoms with van der Waals surface area (Å²) in [6.07, 6.45) is 5.28. The van der Waals surface area contributed by atoms with E-state index in [0.29, 0.717) is 6.42 Å². The van der Waals surface area contributed by atoms with Crippen LogP contribution in [-0.4, -0.2) is 5.78 Å². The second kappa shape index (κ2) is 6.34. The first-order valence-corrected chi connectivity index (χ1v) is 6.84. The minimum absolute atomic E-state index is 0.280. The molecule has 0 aliphatic carbocycles. The van der Waals surface area contributed by atoms with Gasteiger partial charge < -0.3 is 0 Å². The molecule has 18 heavy (non-hydrogen) atoms. The Hall–Kier alpha value is -1.63. The maximum absolute atomic E-state index is 12.2. The van der Waals surface area contributed by atoms with Crippen molar-refractivity contribution >= 4 is 16.6 Å². The minimum Gasteiger partial charge on any atom is -0.294 e. The van der Waals surface area contributed by atoms with Gasteiger partial charge in [-0.1, -0.05) is 68.7 Å². The van der Waals surface area contributed by atoms with Gasteiger partial charge in [-0.3, -0.25) is 4.79 Å². The average molecular weight is 240 g/mol. The highest BCUT2D eigenvalue weighted by molar-refractivity contribution is 6.08. The summed E-state index contributed by atoms with van der Waals surface area (Å²) in [5, 5.41) is 2.23. The minimum atomic E-state index is 0.280. The van der Waals surface area contributed by atoms with Crippen LogP contribution in [0.25, 0.3) is 10.8 Å². The van der Waals surface area contributed by atoms with Gasteiger partial charge in [0.1, 0.15) is 0 Å². The number of carbonyl (C=O) groups is 1. The monoisotopic (exact) mass is 240 g/mol. The van der Waals surface area contributed by atoms with Crippen LogP contribution >= 0.6 is 0 Å². The Morgan fingerprint density at radius 3 is 2.56 bits per heavy atom. The predicted octanol–water partition coefficient (Wildman–Crippen LogP) is 4.99. The summed E-state index contributed by atoms with van der Waals surface area (Å²) in [6, 6.07) is 14.1. The standard InChI is InChI=1S/C17H20O/c1-2-3-4-5-13-17(18)16-12-8-10-14-9-6-7-11-15(14)16/h6-12H,2-5,13H2,1H3. The van der Waals surface area contributed by atoms with E-state index in [1.807, 2.05) is 30.3 Å². The van der Waals surface area contributed by atoms with Crippen LogP contribution in [0.3, 0.4) is 0 Å². The van der Waals surface area contributed by atoms with Gasteiger partial charge in [0.2, 0.25) is 0 Å². The van der Waals surface area contributed by atoms with Gasteiger partial charge >= 0.3 is 0 Å². The lowest BCUT2D eigenvalue weighted by Crippen LogP contribution is -1.99. The molecule has 0 aliphatic rings. The molecule has 0 spiro atoms. The molecule has 0 amide bonds. The van der Waals surface area contributed by atoms with E-state index in [9.17, 15) is 4.79 Å². The first-order chi connectivity index (χ1) is 8.83. The Bertz CT molecular complexity index is 523.